The van der Waals surface area contributed by atoms with Crippen LogP contribution in [0, 0.1) is 0 Å². The van der Waals surface area contributed by atoms with E-state index < -0.39 is 0 Å². The van der Waals surface area contributed by atoms with Crippen molar-refractivity contribution in [2.45, 2.75) is 0 Å². The average molecular weight is 274 g/mol. The third-order valence-corrected chi connectivity index (χ3v) is 4.03. The number of fused-ring (bicyclic) bond motifs is 1. The second kappa shape index (κ2) is 4.52. The van der Waals surface area contributed by atoms with E-state index in [1.165, 1.54) is 11.3 Å². The van der Waals surface area contributed by atoms with Crippen molar-refractivity contribution in [2.24, 2.45) is 0 Å². The van der Waals surface area contributed by atoms with Gasteiger partial charge in [-0.1, -0.05) is 29.8 Å². The Morgan fingerprint density at radius 2 is 2.00 bits per heavy atom. The quantitative estimate of drug-likeness (QED) is 0.647. The van der Waals surface area contributed by atoms with Crippen LogP contribution in [0.25, 0.3) is 20.8 Å². The van der Waals surface area contributed by atoms with Crippen LogP contribution in [0.5, 0.6) is 0 Å². The number of hydrogen-bond donors (Lipinski definition) is 0. The highest BCUT2D eigenvalue weighted by Gasteiger charge is 2.09. The summed E-state index contributed by atoms with van der Waals surface area (Å²) in [4.78, 5) is 15.3. The van der Waals surface area contributed by atoms with Gasteiger partial charge in [0.05, 0.1) is 15.2 Å². The molecule has 0 saturated heterocycles. The number of rotatable bonds is 2. The lowest BCUT2D eigenvalue weighted by Crippen LogP contribution is -1.78. The van der Waals surface area contributed by atoms with Crippen molar-refractivity contribution in [3.8, 4) is 10.6 Å². The highest BCUT2D eigenvalue weighted by Crippen LogP contribution is 2.34. The van der Waals surface area contributed by atoms with Crippen LogP contribution in [-0.4, -0.2) is 11.3 Å². The van der Waals surface area contributed by atoms with Crippen molar-refractivity contribution in [1.29, 1.82) is 0 Å². The second-order valence-electron chi connectivity index (χ2n) is 3.84. The molecule has 0 saturated carbocycles. The predicted octanol–water partition coefficient (Wildman–Crippen LogP) is 4.43. The molecule has 0 N–H and O–H groups in total. The van der Waals surface area contributed by atoms with Gasteiger partial charge >= 0.3 is 0 Å². The number of hydrogen-bond acceptors (Lipinski definition) is 3. The Bertz CT molecular complexity index is 735. The first-order chi connectivity index (χ1) is 8.78. The number of carbonyl (C=O) groups excluding carboxylic acids is 1. The summed E-state index contributed by atoms with van der Waals surface area (Å²) in [6.07, 6.45) is 0.842. The molecule has 0 aliphatic carbocycles. The van der Waals surface area contributed by atoms with Crippen molar-refractivity contribution in [2.75, 3.05) is 0 Å². The van der Waals surface area contributed by atoms with E-state index in [2.05, 4.69) is 4.98 Å². The Labute approximate surface area is 113 Å². The number of carbonyl (C=O) groups is 1. The monoisotopic (exact) mass is 273 g/mol. The van der Waals surface area contributed by atoms with Crippen molar-refractivity contribution in [1.82, 2.24) is 4.98 Å². The van der Waals surface area contributed by atoms with Crippen LogP contribution in [0.4, 0.5) is 0 Å². The molecule has 0 bridgehead atoms. The summed E-state index contributed by atoms with van der Waals surface area (Å²) in [5.41, 5.74) is 2.48. The number of nitrogens with zero attached hydrogens (tertiary/aromatic N) is 1. The van der Waals surface area contributed by atoms with Gasteiger partial charge in [-0.05, 0) is 24.3 Å². The van der Waals surface area contributed by atoms with Crippen molar-refractivity contribution in [3.05, 3.63) is 53.1 Å². The molecule has 2 nitrogen and oxygen atoms in total. The van der Waals surface area contributed by atoms with Crippen LogP contribution in [0.1, 0.15) is 10.4 Å². The summed E-state index contributed by atoms with van der Waals surface area (Å²) in [7, 11) is 0. The largest absolute Gasteiger partial charge is 0.298 e. The lowest BCUT2D eigenvalue weighted by atomic mass is 10.2. The zero-order chi connectivity index (χ0) is 12.5. The highest BCUT2D eigenvalue weighted by atomic mass is 35.5. The lowest BCUT2D eigenvalue weighted by molar-refractivity contribution is 0.112. The molecule has 0 aliphatic heterocycles. The van der Waals surface area contributed by atoms with Crippen LogP contribution in [0.2, 0.25) is 5.02 Å². The molecule has 0 atom stereocenters. The second-order valence-corrected chi connectivity index (χ2v) is 5.28. The lowest BCUT2D eigenvalue weighted by Gasteiger charge is -1.97. The molecule has 2 aromatic carbocycles. The maximum atomic E-state index is 10.7. The minimum atomic E-state index is 0.664. The minimum Gasteiger partial charge on any atom is -0.298 e. The van der Waals surface area contributed by atoms with Gasteiger partial charge < -0.3 is 0 Å². The standard InChI is InChI=1S/C14H8ClNOS/c15-11-4-2-1-3-10(11)14-16-12-6-5-9(8-17)7-13(12)18-14/h1-8H. The molecular weight excluding hydrogens is 266 g/mol. The molecule has 88 valence electrons. The van der Waals surface area contributed by atoms with Gasteiger partial charge in [-0.25, -0.2) is 4.98 Å². The van der Waals surface area contributed by atoms with Gasteiger partial charge in [-0.3, -0.25) is 4.79 Å². The minimum absolute atomic E-state index is 0.664. The number of aromatic nitrogens is 1. The number of benzene rings is 2. The van der Waals surface area contributed by atoms with E-state index in [1.54, 1.807) is 6.07 Å². The zero-order valence-corrected chi connectivity index (χ0v) is 10.8. The first-order valence-electron chi connectivity index (χ1n) is 5.38. The Morgan fingerprint density at radius 1 is 1.17 bits per heavy atom. The molecule has 0 radical (unpaired) electrons. The van der Waals surface area contributed by atoms with Crippen molar-refractivity contribution < 1.29 is 4.79 Å². The first kappa shape index (κ1) is 11.4. The number of thiazole rings is 1. The molecule has 3 aromatic rings. The zero-order valence-electron chi connectivity index (χ0n) is 9.26. The SMILES string of the molecule is O=Cc1ccc2nc(-c3ccccc3Cl)sc2c1. The fraction of sp³-hybridized carbons (Fsp3) is 0. The Balaban J connectivity index is 2.19. The summed E-state index contributed by atoms with van der Waals surface area (Å²) < 4.78 is 0.995. The molecule has 18 heavy (non-hydrogen) atoms. The molecule has 0 fully saturated rings. The molecule has 1 aromatic heterocycles. The average Bonchev–Trinajstić information content (AvgIpc) is 2.81. The smallest absolute Gasteiger partial charge is 0.150 e. The van der Waals surface area contributed by atoms with E-state index in [-0.39, 0.29) is 0 Å². The molecule has 4 heteroatoms. The van der Waals surface area contributed by atoms with E-state index in [1.807, 2.05) is 36.4 Å². The normalized spacial score (nSPS) is 10.7. The summed E-state index contributed by atoms with van der Waals surface area (Å²) >= 11 is 7.70. The third-order valence-electron chi connectivity index (χ3n) is 2.65. The molecule has 3 rings (SSSR count). The molecular formula is C14H8ClNOS. The van der Waals surface area contributed by atoms with Gasteiger partial charge in [0.15, 0.2) is 0 Å². The van der Waals surface area contributed by atoms with Gasteiger partial charge in [0.25, 0.3) is 0 Å². The Morgan fingerprint density at radius 3 is 2.78 bits per heavy atom. The van der Waals surface area contributed by atoms with Gasteiger partial charge in [0.2, 0.25) is 0 Å². The van der Waals surface area contributed by atoms with E-state index >= 15 is 0 Å². The van der Waals surface area contributed by atoms with Crippen molar-refractivity contribution in [3.63, 3.8) is 0 Å². The Hall–Kier alpha value is -1.71. The van der Waals surface area contributed by atoms with Crippen LogP contribution in [0.15, 0.2) is 42.5 Å². The number of halogens is 1. The number of aldehydes is 1. The summed E-state index contributed by atoms with van der Waals surface area (Å²) in [6.45, 7) is 0. The van der Waals surface area contributed by atoms with Crippen LogP contribution in [0.3, 0.4) is 0 Å². The highest BCUT2D eigenvalue weighted by molar-refractivity contribution is 7.21. The fourth-order valence-electron chi connectivity index (χ4n) is 1.76. The van der Waals surface area contributed by atoms with Crippen LogP contribution in [-0.2, 0) is 0 Å². The summed E-state index contributed by atoms with van der Waals surface area (Å²) in [6, 6.07) is 13.1. The summed E-state index contributed by atoms with van der Waals surface area (Å²) in [5, 5.41) is 1.56. The van der Waals surface area contributed by atoms with Gasteiger partial charge in [0.1, 0.15) is 11.3 Å². The van der Waals surface area contributed by atoms with Crippen LogP contribution >= 0.6 is 22.9 Å². The topological polar surface area (TPSA) is 30.0 Å². The molecule has 1 heterocycles. The van der Waals surface area contributed by atoms with Crippen LogP contribution < -0.4 is 0 Å². The van der Waals surface area contributed by atoms with E-state index in [4.69, 9.17) is 11.6 Å². The van der Waals surface area contributed by atoms with E-state index in [9.17, 15) is 4.79 Å². The molecule has 0 spiro atoms. The Kier molecular flexibility index (Phi) is 2.86. The maximum absolute atomic E-state index is 10.7. The maximum Gasteiger partial charge on any atom is 0.150 e. The van der Waals surface area contributed by atoms with Gasteiger partial charge in [-0.15, -0.1) is 11.3 Å². The third kappa shape index (κ3) is 1.92. The fourth-order valence-corrected chi connectivity index (χ4v) is 3.10. The van der Waals surface area contributed by atoms with E-state index in [0.717, 1.165) is 27.1 Å². The summed E-state index contributed by atoms with van der Waals surface area (Å²) in [5.74, 6) is 0. The van der Waals surface area contributed by atoms with Gasteiger partial charge in [-0.2, -0.15) is 0 Å². The molecule has 0 unspecified atom stereocenters. The van der Waals surface area contributed by atoms with Gasteiger partial charge in [0, 0.05) is 11.1 Å². The van der Waals surface area contributed by atoms with Crippen molar-refractivity contribution >= 4 is 39.4 Å². The van der Waals surface area contributed by atoms with E-state index in [0.29, 0.717) is 10.6 Å². The molecule has 0 amide bonds. The predicted molar refractivity (Wildman–Crippen MR) is 75.5 cm³/mol. The first-order valence-corrected chi connectivity index (χ1v) is 6.58. The molecule has 0 aliphatic rings.